The molecule has 27 heavy (non-hydrogen) atoms. The largest absolute Gasteiger partial charge is 0.478 e. The molecule has 0 bridgehead atoms. The quantitative estimate of drug-likeness (QED) is 0.370. The van der Waals surface area contributed by atoms with Gasteiger partial charge in [-0.15, -0.1) is 0 Å². The Morgan fingerprint density at radius 1 is 1.30 bits per heavy atom. The number of pyridine rings is 1. The predicted octanol–water partition coefficient (Wildman–Crippen LogP) is 6.72. The van der Waals surface area contributed by atoms with Crippen molar-refractivity contribution in [1.82, 2.24) is 4.98 Å². The first kappa shape index (κ1) is 18.1. The maximum atomic E-state index is 13.9. The van der Waals surface area contributed by atoms with Gasteiger partial charge in [0.1, 0.15) is 11.9 Å². The van der Waals surface area contributed by atoms with E-state index in [0.29, 0.717) is 16.2 Å². The summed E-state index contributed by atoms with van der Waals surface area (Å²) in [5.41, 5.74) is 8.70. The first-order chi connectivity index (χ1) is 13.0. The first-order valence-corrected chi connectivity index (χ1v) is 9.65. The number of hydrogen-bond acceptors (Lipinski definition) is 5. The fourth-order valence-electron chi connectivity index (χ4n) is 2.89. The summed E-state index contributed by atoms with van der Waals surface area (Å²) in [5, 5.41) is 4.96. The molecule has 0 amide bonds. The maximum absolute atomic E-state index is 13.9. The van der Waals surface area contributed by atoms with Crippen LogP contribution in [-0.4, -0.2) is 4.98 Å². The van der Waals surface area contributed by atoms with Crippen LogP contribution in [0, 0.1) is 5.82 Å². The number of aromatic nitrogens is 1. The van der Waals surface area contributed by atoms with Crippen LogP contribution < -0.4 is 10.5 Å². The topological polar surface area (TPSA) is 61.3 Å². The normalized spacial score (nSPS) is 12.4. The first-order valence-electron chi connectivity index (χ1n) is 7.95. The molecule has 0 aliphatic heterocycles. The van der Waals surface area contributed by atoms with Crippen molar-refractivity contribution in [2.45, 2.75) is 13.0 Å². The second kappa shape index (κ2) is 7.03. The van der Waals surface area contributed by atoms with Gasteiger partial charge < -0.3 is 14.9 Å². The molecule has 2 N–H and O–H groups in total. The van der Waals surface area contributed by atoms with Crippen LogP contribution in [-0.2, 0) is 0 Å². The Balaban J connectivity index is 1.79. The molecule has 1 aromatic carbocycles. The van der Waals surface area contributed by atoms with Crippen LogP contribution in [0.1, 0.15) is 18.6 Å². The highest BCUT2D eigenvalue weighted by Gasteiger charge is 2.23. The Labute approximate surface area is 168 Å². The van der Waals surface area contributed by atoms with Gasteiger partial charge >= 0.3 is 0 Å². The minimum absolute atomic E-state index is 0.0906. The molecule has 0 unspecified atom stereocenters. The van der Waals surface area contributed by atoms with Crippen LogP contribution in [0.2, 0.25) is 10.0 Å². The minimum Gasteiger partial charge on any atom is -0.478 e. The van der Waals surface area contributed by atoms with Gasteiger partial charge in [-0.3, -0.25) is 0 Å². The molecule has 0 saturated heterocycles. The molecule has 3 heterocycles. The van der Waals surface area contributed by atoms with Crippen LogP contribution in [0.3, 0.4) is 0 Å². The van der Waals surface area contributed by atoms with Crippen molar-refractivity contribution in [2.75, 3.05) is 5.73 Å². The second-order valence-corrected chi connectivity index (χ2v) is 7.46. The van der Waals surface area contributed by atoms with E-state index in [4.69, 9.17) is 38.1 Å². The summed E-state index contributed by atoms with van der Waals surface area (Å²) in [6.45, 7) is 1.70. The molecule has 0 aliphatic rings. The number of fused-ring (bicyclic) bond motifs is 1. The number of halogens is 3. The summed E-state index contributed by atoms with van der Waals surface area (Å²) < 4.78 is 25.6. The van der Waals surface area contributed by atoms with E-state index in [9.17, 15) is 4.39 Å². The van der Waals surface area contributed by atoms with Gasteiger partial charge in [-0.2, -0.15) is 11.3 Å². The Morgan fingerprint density at radius 2 is 2.11 bits per heavy atom. The number of thiophene rings is 1. The zero-order valence-corrected chi connectivity index (χ0v) is 16.3. The van der Waals surface area contributed by atoms with E-state index in [-0.39, 0.29) is 16.6 Å². The van der Waals surface area contributed by atoms with Crippen molar-refractivity contribution in [3.05, 3.63) is 62.8 Å². The van der Waals surface area contributed by atoms with E-state index in [1.54, 1.807) is 30.7 Å². The lowest BCUT2D eigenvalue weighted by Gasteiger charge is -2.18. The van der Waals surface area contributed by atoms with Gasteiger partial charge in [-0.1, -0.05) is 23.2 Å². The summed E-state index contributed by atoms with van der Waals surface area (Å²) in [5.74, 6) is -0.157. The van der Waals surface area contributed by atoms with E-state index in [1.165, 1.54) is 12.1 Å². The Morgan fingerprint density at radius 3 is 2.85 bits per heavy atom. The lowest BCUT2D eigenvalue weighted by molar-refractivity contribution is 0.227. The average molecular weight is 423 g/mol. The molecule has 3 aromatic heterocycles. The molecule has 0 aliphatic carbocycles. The lowest BCUT2D eigenvalue weighted by atomic mass is 10.1. The molecular formula is C19H13Cl2FN2O2S. The zero-order valence-electron chi connectivity index (χ0n) is 14.0. The standard InChI is InChI=1S/C19H13Cl2FN2O2S/c1-9(15-13(20)2-3-14(22)16(15)21)26-18-17-11(6-24-19(18)23)12(7-25-17)10-4-5-27-8-10/h2-9H,1H3,(H2,23,24)/t9-/m1/s1. The number of benzene rings is 1. The van der Waals surface area contributed by atoms with Gasteiger partial charge in [0.05, 0.1) is 16.7 Å². The molecular weight excluding hydrogens is 410 g/mol. The second-order valence-electron chi connectivity index (χ2n) is 5.89. The Bertz CT molecular complexity index is 1130. The minimum atomic E-state index is -0.676. The summed E-state index contributed by atoms with van der Waals surface area (Å²) >= 11 is 13.9. The number of hydrogen-bond donors (Lipinski definition) is 1. The highest BCUT2D eigenvalue weighted by Crippen LogP contribution is 2.41. The molecule has 0 saturated carbocycles. The highest BCUT2D eigenvalue weighted by molar-refractivity contribution is 7.08. The lowest BCUT2D eigenvalue weighted by Crippen LogP contribution is -2.08. The van der Waals surface area contributed by atoms with Crippen molar-refractivity contribution in [3.63, 3.8) is 0 Å². The Hall–Kier alpha value is -2.28. The van der Waals surface area contributed by atoms with Crippen LogP contribution in [0.15, 0.2) is 45.8 Å². The van der Waals surface area contributed by atoms with Gasteiger partial charge in [0.2, 0.25) is 5.75 Å². The van der Waals surface area contributed by atoms with E-state index < -0.39 is 11.9 Å². The summed E-state index contributed by atoms with van der Waals surface area (Å²) in [4.78, 5) is 4.22. The number of rotatable bonds is 4. The van der Waals surface area contributed by atoms with Crippen LogP contribution in [0.5, 0.6) is 5.75 Å². The van der Waals surface area contributed by atoms with Crippen LogP contribution in [0.25, 0.3) is 22.1 Å². The average Bonchev–Trinajstić information content (AvgIpc) is 3.30. The third-order valence-corrected chi connectivity index (χ3v) is 5.61. The highest BCUT2D eigenvalue weighted by atomic mass is 35.5. The van der Waals surface area contributed by atoms with Crippen molar-refractivity contribution in [1.29, 1.82) is 0 Å². The molecule has 4 rings (SSSR count). The monoisotopic (exact) mass is 422 g/mol. The molecule has 8 heteroatoms. The Kier molecular flexibility index (Phi) is 4.72. The number of anilines is 1. The summed E-state index contributed by atoms with van der Waals surface area (Å²) in [7, 11) is 0. The molecule has 0 radical (unpaired) electrons. The molecule has 0 spiro atoms. The predicted molar refractivity (Wildman–Crippen MR) is 107 cm³/mol. The van der Waals surface area contributed by atoms with Crippen molar-refractivity contribution >= 4 is 51.3 Å². The molecule has 4 aromatic rings. The van der Waals surface area contributed by atoms with Crippen LogP contribution >= 0.6 is 34.5 Å². The van der Waals surface area contributed by atoms with Gasteiger partial charge in [-0.25, -0.2) is 9.37 Å². The molecule has 138 valence electrons. The van der Waals surface area contributed by atoms with E-state index in [1.807, 2.05) is 16.8 Å². The number of nitrogen functional groups attached to an aromatic ring is 1. The van der Waals surface area contributed by atoms with Crippen LogP contribution in [0.4, 0.5) is 10.2 Å². The van der Waals surface area contributed by atoms with Gasteiger partial charge in [0, 0.05) is 22.3 Å². The van der Waals surface area contributed by atoms with Gasteiger partial charge in [-0.05, 0) is 41.4 Å². The van der Waals surface area contributed by atoms with E-state index >= 15 is 0 Å². The fourth-order valence-corrected chi connectivity index (χ4v) is 4.22. The molecule has 0 fully saturated rings. The van der Waals surface area contributed by atoms with E-state index in [0.717, 1.165) is 16.5 Å². The van der Waals surface area contributed by atoms with Gasteiger partial charge in [0.25, 0.3) is 0 Å². The van der Waals surface area contributed by atoms with Crippen molar-refractivity contribution < 1.29 is 13.5 Å². The van der Waals surface area contributed by atoms with Crippen molar-refractivity contribution in [3.8, 4) is 16.9 Å². The number of nitrogens with zero attached hydrogens (tertiary/aromatic N) is 1. The smallest absolute Gasteiger partial charge is 0.205 e. The van der Waals surface area contributed by atoms with Gasteiger partial charge in [0.15, 0.2) is 11.4 Å². The van der Waals surface area contributed by atoms with E-state index in [2.05, 4.69) is 4.98 Å². The fraction of sp³-hybridized carbons (Fsp3) is 0.105. The summed E-state index contributed by atoms with van der Waals surface area (Å²) in [6.07, 6.45) is 2.60. The van der Waals surface area contributed by atoms with Crippen molar-refractivity contribution in [2.24, 2.45) is 0 Å². The third kappa shape index (κ3) is 3.14. The summed E-state index contributed by atoms with van der Waals surface area (Å²) in [6, 6.07) is 4.62. The molecule has 4 nitrogen and oxygen atoms in total. The molecule has 1 atom stereocenters. The number of ether oxygens (including phenoxy) is 1. The zero-order chi connectivity index (χ0) is 19.1. The SMILES string of the molecule is C[C@@H](Oc1c(N)ncc2c(-c3ccsc3)coc12)c1c(Cl)ccc(F)c1Cl. The number of furan rings is 1. The maximum Gasteiger partial charge on any atom is 0.205 e. The third-order valence-electron chi connectivity index (χ3n) is 4.21. The number of nitrogens with two attached hydrogens (primary N) is 1.